The van der Waals surface area contributed by atoms with E-state index in [2.05, 4.69) is 10.1 Å². The van der Waals surface area contributed by atoms with E-state index >= 15 is 0 Å². The molecule has 4 rings (SSSR count). The fourth-order valence-corrected chi connectivity index (χ4v) is 5.43. The number of hydrogen-bond donors (Lipinski definition) is 1. The minimum atomic E-state index is -3.82. The lowest BCUT2D eigenvalue weighted by molar-refractivity contribution is 0.331. The van der Waals surface area contributed by atoms with Crippen molar-refractivity contribution in [2.45, 2.75) is 56.5 Å². The van der Waals surface area contributed by atoms with Crippen molar-refractivity contribution in [1.29, 1.82) is 0 Å². The highest BCUT2D eigenvalue weighted by Crippen LogP contribution is 2.28. The number of fused-ring (bicyclic) bond motifs is 1. The zero-order valence-electron chi connectivity index (χ0n) is 17.1. The molecule has 1 aliphatic rings. The number of sulfonamides is 1. The highest BCUT2D eigenvalue weighted by molar-refractivity contribution is 7.89. The number of nitrogens with one attached hydrogen (secondary N) is 1. The van der Waals surface area contributed by atoms with Gasteiger partial charge < -0.3 is 4.42 Å². The van der Waals surface area contributed by atoms with E-state index in [4.69, 9.17) is 4.42 Å². The predicted octanol–water partition coefficient (Wildman–Crippen LogP) is 1.83. The van der Waals surface area contributed by atoms with Crippen molar-refractivity contribution in [2.24, 2.45) is 0 Å². The Kier molecular flexibility index (Phi) is 4.94. The summed E-state index contributed by atoms with van der Waals surface area (Å²) < 4.78 is 34.3. The molecule has 10 heteroatoms. The van der Waals surface area contributed by atoms with Gasteiger partial charge in [0.2, 0.25) is 10.0 Å². The number of H-pyrrole nitrogens is 1. The third-order valence-corrected chi connectivity index (χ3v) is 7.29. The van der Waals surface area contributed by atoms with Crippen LogP contribution >= 0.6 is 0 Å². The van der Waals surface area contributed by atoms with Gasteiger partial charge in [-0.3, -0.25) is 9.78 Å². The SMILES string of the molecule is CC(C)(C)c1ccc(=O)n(CC2CCCN2S(=O)(=O)c2ccc3oc(=O)[nH]c3c2)n1. The van der Waals surface area contributed by atoms with Crippen molar-refractivity contribution in [3.05, 3.63) is 56.9 Å². The Labute approximate surface area is 173 Å². The molecule has 1 fully saturated rings. The van der Waals surface area contributed by atoms with E-state index < -0.39 is 15.8 Å². The molecular weight excluding hydrogens is 408 g/mol. The molecule has 1 aliphatic heterocycles. The number of benzene rings is 1. The highest BCUT2D eigenvalue weighted by atomic mass is 32.2. The summed E-state index contributed by atoms with van der Waals surface area (Å²) in [7, 11) is -3.82. The summed E-state index contributed by atoms with van der Waals surface area (Å²) in [6.45, 7) is 6.57. The zero-order chi connectivity index (χ0) is 21.7. The maximum atomic E-state index is 13.3. The number of aromatic amines is 1. The van der Waals surface area contributed by atoms with Crippen molar-refractivity contribution < 1.29 is 12.8 Å². The first-order chi connectivity index (χ1) is 14.1. The van der Waals surface area contributed by atoms with Crippen LogP contribution < -0.4 is 11.3 Å². The van der Waals surface area contributed by atoms with Crippen LogP contribution in [0.15, 0.2) is 49.2 Å². The van der Waals surface area contributed by atoms with E-state index in [1.165, 1.54) is 33.3 Å². The normalized spacial score (nSPS) is 18.3. The van der Waals surface area contributed by atoms with Gasteiger partial charge in [0.1, 0.15) is 0 Å². The van der Waals surface area contributed by atoms with Crippen LogP contribution in [0.5, 0.6) is 0 Å². The Balaban J connectivity index is 1.66. The molecule has 160 valence electrons. The Morgan fingerprint density at radius 2 is 1.97 bits per heavy atom. The third-order valence-electron chi connectivity index (χ3n) is 5.34. The van der Waals surface area contributed by atoms with E-state index in [1.807, 2.05) is 20.8 Å². The molecule has 2 aromatic heterocycles. The maximum Gasteiger partial charge on any atom is 0.417 e. The van der Waals surface area contributed by atoms with Gasteiger partial charge in [0, 0.05) is 24.1 Å². The number of aromatic nitrogens is 3. The Morgan fingerprint density at radius 3 is 2.70 bits per heavy atom. The fraction of sp³-hybridized carbons (Fsp3) is 0.450. The van der Waals surface area contributed by atoms with E-state index in [0.717, 1.165) is 5.69 Å². The van der Waals surface area contributed by atoms with Gasteiger partial charge in [0.05, 0.1) is 22.7 Å². The van der Waals surface area contributed by atoms with Gasteiger partial charge in [-0.25, -0.2) is 17.9 Å². The van der Waals surface area contributed by atoms with Crippen LogP contribution in [0.25, 0.3) is 11.1 Å². The van der Waals surface area contributed by atoms with Crippen LogP contribution in [-0.2, 0) is 22.0 Å². The summed E-state index contributed by atoms with van der Waals surface area (Å²) in [6, 6.07) is 7.09. The molecule has 1 unspecified atom stereocenters. The van der Waals surface area contributed by atoms with Crippen LogP contribution in [0.3, 0.4) is 0 Å². The zero-order valence-corrected chi connectivity index (χ0v) is 17.9. The second-order valence-corrected chi connectivity index (χ2v) is 10.5. The van der Waals surface area contributed by atoms with E-state index in [0.29, 0.717) is 30.5 Å². The van der Waals surface area contributed by atoms with Gasteiger partial charge in [-0.15, -0.1) is 0 Å². The minimum absolute atomic E-state index is 0.0719. The predicted molar refractivity (Wildman–Crippen MR) is 111 cm³/mol. The Bertz CT molecular complexity index is 1310. The van der Waals surface area contributed by atoms with Gasteiger partial charge in [0.25, 0.3) is 5.56 Å². The quantitative estimate of drug-likeness (QED) is 0.672. The van der Waals surface area contributed by atoms with E-state index in [9.17, 15) is 18.0 Å². The standard InChI is InChI=1S/C20H24N4O5S/c1-20(2,3)17-8-9-18(25)23(22-17)12-13-5-4-10-24(13)30(27,28)14-6-7-16-15(11-14)21-19(26)29-16/h6-9,11,13H,4-5,10,12H2,1-3H3,(H,21,26). The average molecular weight is 433 g/mol. The second-order valence-electron chi connectivity index (χ2n) is 8.57. The molecule has 1 aromatic carbocycles. The molecular formula is C20H24N4O5S. The number of oxazole rings is 1. The smallest absolute Gasteiger partial charge is 0.408 e. The third kappa shape index (κ3) is 3.72. The van der Waals surface area contributed by atoms with Gasteiger partial charge >= 0.3 is 5.76 Å². The van der Waals surface area contributed by atoms with Crippen LogP contribution in [0.2, 0.25) is 0 Å². The first-order valence-electron chi connectivity index (χ1n) is 9.79. The summed E-state index contributed by atoms with van der Waals surface area (Å²) >= 11 is 0. The lowest BCUT2D eigenvalue weighted by Gasteiger charge is -2.25. The molecule has 1 atom stereocenters. The highest BCUT2D eigenvalue weighted by Gasteiger charge is 2.36. The first kappa shape index (κ1) is 20.5. The molecule has 0 spiro atoms. The summed E-state index contributed by atoms with van der Waals surface area (Å²) in [6.07, 6.45) is 1.33. The molecule has 0 radical (unpaired) electrons. The molecule has 0 amide bonds. The Morgan fingerprint density at radius 1 is 1.20 bits per heavy atom. The van der Waals surface area contributed by atoms with Crippen molar-refractivity contribution in [1.82, 2.24) is 19.1 Å². The van der Waals surface area contributed by atoms with Gasteiger partial charge in [0.15, 0.2) is 5.58 Å². The lowest BCUT2D eigenvalue weighted by Crippen LogP contribution is -2.41. The van der Waals surface area contributed by atoms with Crippen molar-refractivity contribution >= 4 is 21.1 Å². The summed E-state index contributed by atoms with van der Waals surface area (Å²) in [5.41, 5.74) is 0.904. The second kappa shape index (κ2) is 7.21. The van der Waals surface area contributed by atoms with E-state index in [-0.39, 0.29) is 28.5 Å². The van der Waals surface area contributed by atoms with Crippen LogP contribution in [0, 0.1) is 0 Å². The lowest BCUT2D eigenvalue weighted by atomic mass is 9.92. The summed E-state index contributed by atoms with van der Waals surface area (Å²) in [5, 5.41) is 4.47. The summed E-state index contributed by atoms with van der Waals surface area (Å²) in [5.74, 6) is -0.636. The largest absolute Gasteiger partial charge is 0.417 e. The van der Waals surface area contributed by atoms with Crippen LogP contribution in [0.4, 0.5) is 0 Å². The fourth-order valence-electron chi connectivity index (χ4n) is 3.71. The number of nitrogens with zero attached hydrogens (tertiary/aromatic N) is 3. The number of rotatable bonds is 4. The molecule has 1 saturated heterocycles. The first-order valence-corrected chi connectivity index (χ1v) is 11.2. The topological polar surface area (TPSA) is 118 Å². The van der Waals surface area contributed by atoms with Crippen molar-refractivity contribution in [3.8, 4) is 0 Å². The van der Waals surface area contributed by atoms with Gasteiger partial charge in [-0.05, 0) is 37.1 Å². The molecule has 1 N–H and O–H groups in total. The molecule has 3 heterocycles. The molecule has 0 bridgehead atoms. The molecule has 9 nitrogen and oxygen atoms in total. The maximum absolute atomic E-state index is 13.3. The summed E-state index contributed by atoms with van der Waals surface area (Å²) in [4.78, 5) is 26.3. The number of hydrogen-bond acceptors (Lipinski definition) is 6. The Hall–Kier alpha value is -2.72. The molecule has 30 heavy (non-hydrogen) atoms. The van der Waals surface area contributed by atoms with E-state index in [1.54, 1.807) is 6.07 Å². The molecule has 3 aromatic rings. The van der Waals surface area contributed by atoms with Crippen molar-refractivity contribution in [3.63, 3.8) is 0 Å². The monoisotopic (exact) mass is 432 g/mol. The average Bonchev–Trinajstić information content (AvgIpc) is 3.27. The molecule has 0 aliphatic carbocycles. The van der Waals surface area contributed by atoms with Crippen molar-refractivity contribution in [2.75, 3.05) is 6.54 Å². The van der Waals surface area contributed by atoms with Crippen LogP contribution in [-0.4, -0.2) is 40.1 Å². The molecule has 0 saturated carbocycles. The minimum Gasteiger partial charge on any atom is -0.408 e. The van der Waals surface area contributed by atoms with Gasteiger partial charge in [-0.2, -0.15) is 9.40 Å². The van der Waals surface area contributed by atoms with Gasteiger partial charge in [-0.1, -0.05) is 20.8 Å². The van der Waals surface area contributed by atoms with Crippen LogP contribution in [0.1, 0.15) is 39.3 Å².